The van der Waals surface area contributed by atoms with E-state index >= 15 is 0 Å². The predicted molar refractivity (Wildman–Crippen MR) is 54.6 cm³/mol. The maximum Gasteiger partial charge on any atom is 0.126 e. The van der Waals surface area contributed by atoms with Gasteiger partial charge in [0.15, 0.2) is 0 Å². The topological polar surface area (TPSA) is 12.0 Å². The Hall–Kier alpha value is -0.700. The molecule has 0 aromatic rings. The molecule has 1 atom stereocenters. The lowest BCUT2D eigenvalue weighted by molar-refractivity contribution is 0.380. The molecule has 80 valence electrons. The zero-order valence-corrected chi connectivity index (χ0v) is 8.74. The van der Waals surface area contributed by atoms with Gasteiger partial charge in [-0.1, -0.05) is 6.92 Å². The Kier molecular flexibility index (Phi) is 4.26. The molecule has 0 fully saturated rings. The second kappa shape index (κ2) is 5.25. The highest BCUT2D eigenvalue weighted by Gasteiger charge is 2.19. The summed E-state index contributed by atoms with van der Waals surface area (Å²) in [4.78, 5) is 0. The Morgan fingerprint density at radius 3 is 2.93 bits per heavy atom. The van der Waals surface area contributed by atoms with Crippen LogP contribution in [0.5, 0.6) is 0 Å². The average Bonchev–Trinajstić information content (AvgIpc) is 2.13. The Morgan fingerprint density at radius 1 is 1.57 bits per heavy atom. The van der Waals surface area contributed by atoms with Crippen molar-refractivity contribution < 1.29 is 8.78 Å². The highest BCUT2D eigenvalue weighted by atomic mass is 19.1. The first-order valence-electron chi connectivity index (χ1n) is 5.06. The Bertz CT molecular complexity index is 256. The molecule has 1 N–H and O–H groups in total. The van der Waals surface area contributed by atoms with Crippen LogP contribution in [0.3, 0.4) is 0 Å². The van der Waals surface area contributed by atoms with E-state index in [1.54, 1.807) is 6.92 Å². The lowest BCUT2D eigenvalue weighted by atomic mass is 9.97. The molecule has 0 amide bonds. The molecule has 1 unspecified atom stereocenters. The maximum atomic E-state index is 13.4. The highest BCUT2D eigenvalue weighted by molar-refractivity contribution is 5.34. The Morgan fingerprint density at radius 2 is 2.29 bits per heavy atom. The van der Waals surface area contributed by atoms with Crippen molar-refractivity contribution in [1.29, 1.82) is 0 Å². The normalized spacial score (nSPS) is 22.6. The lowest BCUT2D eigenvalue weighted by Gasteiger charge is -2.17. The fourth-order valence-corrected chi connectivity index (χ4v) is 1.57. The molecule has 0 spiro atoms. The monoisotopic (exact) mass is 201 g/mol. The molecular formula is C11H17F2N. The van der Waals surface area contributed by atoms with Crippen LogP contribution in [0.1, 0.15) is 26.7 Å². The molecule has 1 aliphatic carbocycles. The molecule has 0 heterocycles. The van der Waals surface area contributed by atoms with Gasteiger partial charge in [-0.25, -0.2) is 8.78 Å². The van der Waals surface area contributed by atoms with Gasteiger partial charge in [-0.2, -0.15) is 0 Å². The van der Waals surface area contributed by atoms with E-state index in [0.717, 1.165) is 13.0 Å². The van der Waals surface area contributed by atoms with Gasteiger partial charge in [0.25, 0.3) is 0 Å². The molecule has 0 bridgehead atoms. The molecule has 0 saturated heterocycles. The van der Waals surface area contributed by atoms with E-state index in [9.17, 15) is 8.78 Å². The summed E-state index contributed by atoms with van der Waals surface area (Å²) in [5.41, 5.74) is 0.989. The number of alkyl halides is 1. The van der Waals surface area contributed by atoms with Crippen LogP contribution < -0.4 is 5.32 Å². The summed E-state index contributed by atoms with van der Waals surface area (Å²) >= 11 is 0. The molecule has 1 rings (SSSR count). The number of hydrogen-bond donors (Lipinski definition) is 1. The molecule has 1 aliphatic rings. The smallest absolute Gasteiger partial charge is 0.126 e. The van der Waals surface area contributed by atoms with E-state index in [1.807, 2.05) is 6.92 Å². The first-order chi connectivity index (χ1) is 6.65. The van der Waals surface area contributed by atoms with Gasteiger partial charge in [-0.15, -0.1) is 0 Å². The number of rotatable bonds is 4. The Labute approximate surface area is 83.9 Å². The Balaban J connectivity index is 2.57. The third-order valence-corrected chi connectivity index (χ3v) is 2.29. The van der Waals surface area contributed by atoms with Crippen LogP contribution in [-0.2, 0) is 0 Å². The summed E-state index contributed by atoms with van der Waals surface area (Å²) in [6, 6.07) is 0. The van der Waals surface area contributed by atoms with Crippen LogP contribution in [-0.4, -0.2) is 19.3 Å². The van der Waals surface area contributed by atoms with Gasteiger partial charge in [-0.3, -0.25) is 0 Å². The van der Waals surface area contributed by atoms with Crippen LogP contribution in [0, 0.1) is 0 Å². The molecule has 1 nitrogen and oxygen atoms in total. The number of allylic oxidation sites excluding steroid dienone is 3. The van der Waals surface area contributed by atoms with Crippen LogP contribution in [0.25, 0.3) is 0 Å². The molecule has 0 aromatic heterocycles. The molecule has 0 saturated carbocycles. The van der Waals surface area contributed by atoms with Crippen LogP contribution >= 0.6 is 0 Å². The van der Waals surface area contributed by atoms with Crippen molar-refractivity contribution in [1.82, 2.24) is 5.32 Å². The van der Waals surface area contributed by atoms with Gasteiger partial charge in [-0.05, 0) is 37.1 Å². The second-order valence-corrected chi connectivity index (χ2v) is 3.66. The first kappa shape index (κ1) is 11.4. The average molecular weight is 201 g/mol. The van der Waals surface area contributed by atoms with Gasteiger partial charge < -0.3 is 5.32 Å². The standard InChI is InChI=1S/C11H17F2N/c1-3-4-14-7-9-6-10(12)5-8(2)11(9)13/h5,10,14H,3-4,6-7H2,1-2H3. The fraction of sp³-hybridized carbons (Fsp3) is 0.636. The van der Waals surface area contributed by atoms with Gasteiger partial charge in [0, 0.05) is 13.0 Å². The van der Waals surface area contributed by atoms with E-state index in [4.69, 9.17) is 0 Å². The third-order valence-electron chi connectivity index (χ3n) is 2.29. The molecule has 0 aromatic carbocycles. The number of hydrogen-bond acceptors (Lipinski definition) is 1. The summed E-state index contributed by atoms with van der Waals surface area (Å²) in [6.45, 7) is 4.96. The molecular weight excluding hydrogens is 184 g/mol. The number of halogens is 2. The van der Waals surface area contributed by atoms with Crippen LogP contribution in [0.4, 0.5) is 8.78 Å². The molecule has 0 aliphatic heterocycles. The van der Waals surface area contributed by atoms with Crippen molar-refractivity contribution in [2.24, 2.45) is 0 Å². The molecule has 0 radical (unpaired) electrons. The predicted octanol–water partition coefficient (Wildman–Crippen LogP) is 2.90. The van der Waals surface area contributed by atoms with E-state index in [0.29, 0.717) is 17.7 Å². The largest absolute Gasteiger partial charge is 0.313 e. The van der Waals surface area contributed by atoms with Gasteiger partial charge in [0.05, 0.1) is 0 Å². The van der Waals surface area contributed by atoms with Crippen molar-refractivity contribution in [3.63, 3.8) is 0 Å². The van der Waals surface area contributed by atoms with Crippen molar-refractivity contribution in [3.8, 4) is 0 Å². The minimum absolute atomic E-state index is 0.194. The third kappa shape index (κ3) is 2.91. The quantitative estimate of drug-likeness (QED) is 0.690. The second-order valence-electron chi connectivity index (χ2n) is 3.66. The summed E-state index contributed by atoms with van der Waals surface area (Å²) in [5, 5.41) is 3.08. The lowest BCUT2D eigenvalue weighted by Crippen LogP contribution is -2.21. The van der Waals surface area contributed by atoms with Gasteiger partial charge in [0.1, 0.15) is 12.0 Å². The number of nitrogens with one attached hydrogen (secondary N) is 1. The van der Waals surface area contributed by atoms with E-state index in [2.05, 4.69) is 5.32 Å². The van der Waals surface area contributed by atoms with Crippen LogP contribution in [0.2, 0.25) is 0 Å². The van der Waals surface area contributed by atoms with E-state index < -0.39 is 6.17 Å². The van der Waals surface area contributed by atoms with Crippen molar-refractivity contribution >= 4 is 0 Å². The van der Waals surface area contributed by atoms with Crippen molar-refractivity contribution in [2.45, 2.75) is 32.9 Å². The molecule has 3 heteroatoms. The summed E-state index contributed by atoms with van der Waals surface area (Å²) in [5.74, 6) is -0.234. The van der Waals surface area contributed by atoms with Crippen molar-refractivity contribution in [3.05, 3.63) is 23.0 Å². The van der Waals surface area contributed by atoms with E-state index in [1.165, 1.54) is 6.08 Å². The van der Waals surface area contributed by atoms with E-state index in [-0.39, 0.29) is 12.2 Å². The summed E-state index contributed by atoms with van der Waals surface area (Å²) < 4.78 is 26.5. The maximum absolute atomic E-state index is 13.4. The van der Waals surface area contributed by atoms with Crippen molar-refractivity contribution in [2.75, 3.05) is 13.1 Å². The summed E-state index contributed by atoms with van der Waals surface area (Å²) in [7, 11) is 0. The first-order valence-corrected chi connectivity index (χ1v) is 5.06. The van der Waals surface area contributed by atoms with Gasteiger partial charge >= 0.3 is 0 Å². The SMILES string of the molecule is CCCNCC1=C(F)C(C)=CC(F)C1. The minimum atomic E-state index is -1.02. The summed E-state index contributed by atoms with van der Waals surface area (Å²) in [6.07, 6.45) is 1.52. The fourth-order valence-electron chi connectivity index (χ4n) is 1.57. The zero-order valence-electron chi connectivity index (χ0n) is 8.74. The highest BCUT2D eigenvalue weighted by Crippen LogP contribution is 2.27. The van der Waals surface area contributed by atoms with Gasteiger partial charge in [0.2, 0.25) is 0 Å². The minimum Gasteiger partial charge on any atom is -0.313 e. The van der Waals surface area contributed by atoms with Crippen LogP contribution in [0.15, 0.2) is 23.0 Å². The molecule has 14 heavy (non-hydrogen) atoms. The zero-order chi connectivity index (χ0) is 10.6.